The first-order valence-corrected chi connectivity index (χ1v) is 9.38. The van der Waals surface area contributed by atoms with Crippen LogP contribution in [0.5, 0.6) is 5.75 Å². The molecule has 0 aromatic heterocycles. The second kappa shape index (κ2) is 7.61. The predicted octanol–water partition coefficient (Wildman–Crippen LogP) is 4.38. The molecule has 4 rings (SSSR count). The van der Waals surface area contributed by atoms with Gasteiger partial charge in [-0.2, -0.15) is 5.26 Å². The number of carbonyl (C=O) groups is 1. The predicted molar refractivity (Wildman–Crippen MR) is 109 cm³/mol. The van der Waals surface area contributed by atoms with Crippen LogP contribution in [0.25, 0.3) is 10.8 Å². The fraction of sp³-hybridized carbons (Fsp3) is 0.217. The van der Waals surface area contributed by atoms with Crippen LogP contribution >= 0.6 is 0 Å². The van der Waals surface area contributed by atoms with Crippen molar-refractivity contribution >= 4 is 22.4 Å². The highest BCUT2D eigenvalue weighted by Gasteiger charge is 2.27. The number of hydrogen-bond acceptors (Lipinski definition) is 4. The summed E-state index contributed by atoms with van der Waals surface area (Å²) in [4.78, 5) is 13.2. The summed E-state index contributed by atoms with van der Waals surface area (Å²) in [5, 5.41) is 15.2. The van der Waals surface area contributed by atoms with Crippen molar-refractivity contribution < 1.29 is 9.53 Å². The minimum atomic E-state index is -0.0317. The van der Waals surface area contributed by atoms with E-state index in [9.17, 15) is 10.1 Å². The zero-order valence-electron chi connectivity index (χ0n) is 15.8. The molecule has 0 aliphatic carbocycles. The summed E-state index contributed by atoms with van der Waals surface area (Å²) in [6.07, 6.45) is 1.98. The molecule has 0 atom stereocenters. The molecule has 28 heavy (non-hydrogen) atoms. The van der Waals surface area contributed by atoms with Gasteiger partial charge in [0.05, 0.1) is 24.4 Å². The van der Waals surface area contributed by atoms with E-state index in [1.807, 2.05) is 41.4 Å². The zero-order valence-corrected chi connectivity index (χ0v) is 15.8. The molecule has 0 bridgehead atoms. The number of hydrazine groups is 1. The lowest BCUT2D eigenvalue weighted by atomic mass is 10.0. The minimum absolute atomic E-state index is 0.0317. The highest BCUT2D eigenvalue weighted by atomic mass is 16.5. The van der Waals surface area contributed by atoms with Gasteiger partial charge in [0.15, 0.2) is 0 Å². The average molecular weight is 371 g/mol. The number of hydrogen-bond donors (Lipinski definition) is 0. The van der Waals surface area contributed by atoms with Crippen molar-refractivity contribution in [2.45, 2.75) is 12.8 Å². The summed E-state index contributed by atoms with van der Waals surface area (Å²) in [5.74, 6) is 0.695. The van der Waals surface area contributed by atoms with Crippen LogP contribution in [-0.4, -0.2) is 31.1 Å². The van der Waals surface area contributed by atoms with Gasteiger partial charge in [-0.05, 0) is 49.2 Å². The molecule has 0 saturated carbocycles. The van der Waals surface area contributed by atoms with Gasteiger partial charge in [-0.25, -0.2) is 5.01 Å². The van der Waals surface area contributed by atoms with Crippen LogP contribution in [0.2, 0.25) is 0 Å². The third-order valence-corrected chi connectivity index (χ3v) is 5.15. The topological polar surface area (TPSA) is 56.6 Å². The van der Waals surface area contributed by atoms with Gasteiger partial charge in [0.2, 0.25) is 0 Å². The Morgan fingerprint density at radius 1 is 0.964 bits per heavy atom. The maximum atomic E-state index is 13.2. The number of fused-ring (bicyclic) bond motifs is 1. The van der Waals surface area contributed by atoms with Gasteiger partial charge in [-0.15, -0.1) is 0 Å². The number of rotatable bonds is 3. The lowest BCUT2D eigenvalue weighted by molar-refractivity contribution is 0.0704. The number of nitriles is 1. The van der Waals surface area contributed by atoms with Crippen molar-refractivity contribution in [3.8, 4) is 11.8 Å². The monoisotopic (exact) mass is 371 g/mol. The third-order valence-electron chi connectivity index (χ3n) is 5.15. The van der Waals surface area contributed by atoms with Gasteiger partial charge in [0.1, 0.15) is 5.75 Å². The average Bonchev–Trinajstić information content (AvgIpc) is 2.78. The van der Waals surface area contributed by atoms with Crippen LogP contribution in [0, 0.1) is 11.3 Å². The Bertz CT molecular complexity index is 1050. The van der Waals surface area contributed by atoms with Gasteiger partial charge in [0.25, 0.3) is 5.91 Å². The van der Waals surface area contributed by atoms with Crippen molar-refractivity contribution in [2.75, 3.05) is 25.2 Å². The molecule has 1 fully saturated rings. The number of nitrogens with zero attached hydrogens (tertiary/aromatic N) is 3. The lowest BCUT2D eigenvalue weighted by Gasteiger charge is -2.40. The van der Waals surface area contributed by atoms with Crippen LogP contribution in [-0.2, 0) is 0 Å². The Morgan fingerprint density at radius 3 is 2.39 bits per heavy atom. The number of benzene rings is 3. The molecule has 1 heterocycles. The molecule has 1 saturated heterocycles. The van der Waals surface area contributed by atoms with Crippen molar-refractivity contribution in [2.24, 2.45) is 0 Å². The molecule has 1 aliphatic heterocycles. The van der Waals surface area contributed by atoms with E-state index in [0.717, 1.165) is 41.6 Å². The van der Waals surface area contributed by atoms with Gasteiger partial charge in [-0.3, -0.25) is 9.80 Å². The Morgan fingerprint density at radius 2 is 1.68 bits per heavy atom. The summed E-state index contributed by atoms with van der Waals surface area (Å²) in [5.41, 5.74) is 2.23. The van der Waals surface area contributed by atoms with Crippen LogP contribution in [0.1, 0.15) is 28.8 Å². The summed E-state index contributed by atoms with van der Waals surface area (Å²) in [7, 11) is 1.61. The molecule has 0 radical (unpaired) electrons. The molecule has 3 aromatic carbocycles. The molecule has 0 unspecified atom stereocenters. The Balaban J connectivity index is 1.74. The molecule has 0 N–H and O–H groups in total. The fourth-order valence-corrected chi connectivity index (χ4v) is 3.71. The summed E-state index contributed by atoms with van der Waals surface area (Å²) in [6.45, 7) is 1.43. The first-order valence-electron chi connectivity index (χ1n) is 9.38. The SMILES string of the molecule is COc1ccc(C(=O)N2CCCCN2c2ccc(C#N)c3ccccc23)cc1. The molecule has 3 aromatic rings. The largest absolute Gasteiger partial charge is 0.497 e. The number of anilines is 1. The normalized spacial score (nSPS) is 14.0. The van der Waals surface area contributed by atoms with Crippen molar-refractivity contribution in [3.63, 3.8) is 0 Å². The molecule has 5 heteroatoms. The Hall–Kier alpha value is -3.52. The molecule has 0 spiro atoms. The van der Waals surface area contributed by atoms with Crippen LogP contribution in [0.3, 0.4) is 0 Å². The fourth-order valence-electron chi connectivity index (χ4n) is 3.71. The molecule has 1 aliphatic rings. The van der Waals surface area contributed by atoms with Crippen LogP contribution in [0.15, 0.2) is 60.7 Å². The maximum absolute atomic E-state index is 13.2. The molecule has 1 amide bonds. The smallest absolute Gasteiger partial charge is 0.272 e. The number of ether oxygens (including phenoxy) is 1. The zero-order chi connectivity index (χ0) is 19.5. The second-order valence-electron chi connectivity index (χ2n) is 6.78. The van der Waals surface area contributed by atoms with E-state index in [1.54, 1.807) is 31.4 Å². The van der Waals surface area contributed by atoms with E-state index in [-0.39, 0.29) is 5.91 Å². The van der Waals surface area contributed by atoms with Crippen molar-refractivity contribution in [3.05, 3.63) is 71.8 Å². The highest BCUT2D eigenvalue weighted by Crippen LogP contribution is 2.32. The quantitative estimate of drug-likeness (QED) is 0.686. The van der Waals surface area contributed by atoms with Gasteiger partial charge < -0.3 is 4.74 Å². The third kappa shape index (κ3) is 3.14. The van der Waals surface area contributed by atoms with Gasteiger partial charge in [-0.1, -0.05) is 24.3 Å². The highest BCUT2D eigenvalue weighted by molar-refractivity contribution is 6.00. The Kier molecular flexibility index (Phi) is 4.86. The van der Waals surface area contributed by atoms with E-state index >= 15 is 0 Å². The van der Waals surface area contributed by atoms with Crippen LogP contribution in [0.4, 0.5) is 5.69 Å². The Labute approximate surface area is 164 Å². The summed E-state index contributed by atoms with van der Waals surface area (Å²) >= 11 is 0. The minimum Gasteiger partial charge on any atom is -0.497 e. The van der Waals surface area contributed by atoms with Crippen LogP contribution < -0.4 is 9.75 Å². The first-order chi connectivity index (χ1) is 13.7. The van der Waals surface area contributed by atoms with Crippen molar-refractivity contribution in [1.29, 1.82) is 5.26 Å². The van der Waals surface area contributed by atoms with E-state index in [2.05, 4.69) is 11.1 Å². The summed E-state index contributed by atoms with van der Waals surface area (Å²) in [6, 6.07) is 21.1. The molecular formula is C23H21N3O2. The first kappa shape index (κ1) is 17.9. The molecule has 140 valence electrons. The maximum Gasteiger partial charge on any atom is 0.272 e. The lowest BCUT2D eigenvalue weighted by Crippen LogP contribution is -2.50. The van der Waals surface area contributed by atoms with Gasteiger partial charge in [0, 0.05) is 29.4 Å². The number of methoxy groups -OCH3 is 1. The number of carbonyl (C=O) groups excluding carboxylic acids is 1. The molecule has 5 nitrogen and oxygen atoms in total. The molecular weight excluding hydrogens is 350 g/mol. The van der Waals surface area contributed by atoms with E-state index in [1.165, 1.54) is 0 Å². The van der Waals surface area contributed by atoms with Crippen molar-refractivity contribution in [1.82, 2.24) is 5.01 Å². The summed E-state index contributed by atoms with van der Waals surface area (Å²) < 4.78 is 5.19. The van der Waals surface area contributed by atoms with Gasteiger partial charge >= 0.3 is 0 Å². The second-order valence-corrected chi connectivity index (χ2v) is 6.78. The van der Waals surface area contributed by atoms with E-state index < -0.39 is 0 Å². The van der Waals surface area contributed by atoms with E-state index in [0.29, 0.717) is 17.7 Å². The van der Waals surface area contributed by atoms with E-state index in [4.69, 9.17) is 4.74 Å². The number of amides is 1. The standard InChI is InChI=1S/C23H21N3O2/c1-28-19-11-8-17(9-12-19)23(27)26-15-5-4-14-25(26)22-13-10-18(16-24)20-6-2-3-7-21(20)22/h2-3,6-13H,4-5,14-15H2,1H3.